The van der Waals surface area contributed by atoms with E-state index in [4.69, 9.17) is 0 Å². The Bertz CT molecular complexity index is 553. The Balaban J connectivity index is 2.54. The molecular formula is C11H12BrF2NO2S. The molecule has 7 heteroatoms. The zero-order valence-corrected chi connectivity index (χ0v) is 12.1. The molecule has 1 fully saturated rings. The topological polar surface area (TPSA) is 37.4 Å². The molecular weight excluding hydrogens is 328 g/mol. The first-order valence-corrected chi connectivity index (χ1v) is 7.73. The highest BCUT2D eigenvalue weighted by atomic mass is 79.9. The van der Waals surface area contributed by atoms with Crippen molar-refractivity contribution in [1.82, 2.24) is 4.31 Å². The van der Waals surface area contributed by atoms with Gasteiger partial charge in [0.15, 0.2) is 0 Å². The number of sulfonamides is 1. The number of halogens is 3. The summed E-state index contributed by atoms with van der Waals surface area (Å²) in [7, 11) is -3.92. The van der Waals surface area contributed by atoms with Gasteiger partial charge in [0.25, 0.3) is 0 Å². The van der Waals surface area contributed by atoms with Crippen LogP contribution in [-0.4, -0.2) is 25.3 Å². The van der Waals surface area contributed by atoms with Crippen molar-refractivity contribution in [2.45, 2.75) is 30.7 Å². The molecule has 0 N–H and O–H groups in total. The number of nitrogens with zero attached hydrogens (tertiary/aromatic N) is 1. The van der Waals surface area contributed by atoms with Crippen molar-refractivity contribution in [2.75, 3.05) is 6.54 Å². The Morgan fingerprint density at radius 2 is 2.06 bits per heavy atom. The average Bonchev–Trinajstić information content (AvgIpc) is 2.62. The van der Waals surface area contributed by atoms with E-state index in [1.807, 2.05) is 0 Å². The molecule has 0 radical (unpaired) electrons. The molecule has 1 saturated heterocycles. The van der Waals surface area contributed by atoms with Gasteiger partial charge in [-0.25, -0.2) is 17.2 Å². The van der Waals surface area contributed by atoms with Crippen molar-refractivity contribution in [1.29, 1.82) is 0 Å². The molecule has 2 rings (SSSR count). The van der Waals surface area contributed by atoms with E-state index < -0.39 is 26.6 Å². The van der Waals surface area contributed by atoms with Crippen LogP contribution in [0.15, 0.2) is 21.5 Å². The molecule has 18 heavy (non-hydrogen) atoms. The summed E-state index contributed by atoms with van der Waals surface area (Å²) in [5.74, 6) is -1.88. The summed E-state index contributed by atoms with van der Waals surface area (Å²) in [6.45, 7) is 2.15. The second kappa shape index (κ2) is 4.86. The van der Waals surface area contributed by atoms with Crippen molar-refractivity contribution >= 4 is 26.0 Å². The second-order valence-corrected chi connectivity index (χ2v) is 6.99. The molecule has 3 nitrogen and oxygen atoms in total. The van der Waals surface area contributed by atoms with E-state index in [0.29, 0.717) is 12.6 Å². The Kier molecular flexibility index (Phi) is 3.75. The van der Waals surface area contributed by atoms with Gasteiger partial charge in [0.05, 0.1) is 0 Å². The molecule has 1 aromatic carbocycles. The average molecular weight is 340 g/mol. The first kappa shape index (κ1) is 13.9. The van der Waals surface area contributed by atoms with E-state index >= 15 is 0 Å². The molecule has 0 amide bonds. The minimum Gasteiger partial charge on any atom is -0.207 e. The Morgan fingerprint density at radius 1 is 1.39 bits per heavy atom. The van der Waals surface area contributed by atoms with Crippen molar-refractivity contribution in [3.05, 3.63) is 28.2 Å². The number of rotatable bonds is 2. The number of hydrogen-bond donors (Lipinski definition) is 0. The maximum atomic E-state index is 13.7. The Labute approximate surface area is 113 Å². The van der Waals surface area contributed by atoms with Crippen LogP contribution in [0, 0.1) is 11.6 Å². The molecule has 1 atom stereocenters. The molecule has 100 valence electrons. The lowest BCUT2D eigenvalue weighted by atomic mass is 10.3. The van der Waals surface area contributed by atoms with Gasteiger partial charge in [-0.15, -0.1) is 0 Å². The molecule has 1 unspecified atom stereocenters. The summed E-state index contributed by atoms with van der Waals surface area (Å²) < 4.78 is 52.5. The van der Waals surface area contributed by atoms with Crippen LogP contribution in [0.4, 0.5) is 8.78 Å². The van der Waals surface area contributed by atoms with E-state index in [2.05, 4.69) is 15.9 Å². The van der Waals surface area contributed by atoms with Crippen molar-refractivity contribution < 1.29 is 17.2 Å². The van der Waals surface area contributed by atoms with Gasteiger partial charge in [-0.1, -0.05) is 0 Å². The van der Waals surface area contributed by atoms with Gasteiger partial charge >= 0.3 is 0 Å². The highest BCUT2D eigenvalue weighted by Crippen LogP contribution is 2.32. The lowest BCUT2D eigenvalue weighted by Crippen LogP contribution is -2.34. The smallest absolute Gasteiger partial charge is 0.207 e. The van der Waals surface area contributed by atoms with Crippen LogP contribution in [0.25, 0.3) is 0 Å². The van der Waals surface area contributed by atoms with Gasteiger partial charge in [0, 0.05) is 23.1 Å². The van der Waals surface area contributed by atoms with Crippen LogP contribution < -0.4 is 0 Å². The van der Waals surface area contributed by atoms with E-state index in [9.17, 15) is 17.2 Å². The highest BCUT2D eigenvalue weighted by Gasteiger charge is 2.35. The van der Waals surface area contributed by atoms with E-state index in [-0.39, 0.29) is 10.5 Å². The summed E-state index contributed by atoms with van der Waals surface area (Å²) in [5, 5.41) is 0. The SMILES string of the molecule is CC1CCCN1S(=O)(=O)c1c(F)cc(F)cc1Br. The van der Waals surface area contributed by atoms with Crippen molar-refractivity contribution in [3.63, 3.8) is 0 Å². The third-order valence-corrected chi connectivity index (χ3v) is 6.00. The molecule has 0 spiro atoms. The van der Waals surface area contributed by atoms with E-state index in [1.165, 1.54) is 4.31 Å². The molecule has 0 saturated carbocycles. The summed E-state index contributed by atoms with van der Waals surface area (Å²) in [5.41, 5.74) is 0. The summed E-state index contributed by atoms with van der Waals surface area (Å²) in [4.78, 5) is -0.488. The van der Waals surface area contributed by atoms with Gasteiger partial charge in [-0.2, -0.15) is 4.31 Å². The molecule has 1 aliphatic heterocycles. The normalized spacial score (nSPS) is 21.4. The van der Waals surface area contributed by atoms with Crippen molar-refractivity contribution in [3.8, 4) is 0 Å². The summed E-state index contributed by atoms with van der Waals surface area (Å²) in [6.07, 6.45) is 1.50. The monoisotopic (exact) mass is 339 g/mol. The van der Waals surface area contributed by atoms with Crippen LogP contribution >= 0.6 is 15.9 Å². The second-order valence-electron chi connectivity index (χ2n) is 4.31. The molecule has 0 aromatic heterocycles. The first-order chi connectivity index (χ1) is 8.34. The Morgan fingerprint density at radius 3 is 2.56 bits per heavy atom. The van der Waals surface area contributed by atoms with Crippen LogP contribution in [0.3, 0.4) is 0 Å². The minimum atomic E-state index is -3.92. The largest absolute Gasteiger partial charge is 0.247 e. The van der Waals surface area contributed by atoms with Gasteiger partial charge in [-0.3, -0.25) is 0 Å². The summed E-state index contributed by atoms with van der Waals surface area (Å²) in [6, 6.07) is 1.38. The quantitative estimate of drug-likeness (QED) is 0.830. The lowest BCUT2D eigenvalue weighted by molar-refractivity contribution is 0.404. The Hall–Kier alpha value is -0.530. The third kappa shape index (κ3) is 2.31. The minimum absolute atomic E-state index is 0.0842. The summed E-state index contributed by atoms with van der Waals surface area (Å²) >= 11 is 2.91. The predicted octanol–water partition coefficient (Wildman–Crippen LogP) is 2.90. The zero-order chi connectivity index (χ0) is 13.5. The van der Waals surface area contributed by atoms with Crippen LogP contribution in [0.2, 0.25) is 0 Å². The van der Waals surface area contributed by atoms with Gasteiger partial charge in [-0.05, 0) is 41.8 Å². The fraction of sp³-hybridized carbons (Fsp3) is 0.455. The molecule has 0 aliphatic carbocycles. The van der Waals surface area contributed by atoms with Crippen LogP contribution in [0.1, 0.15) is 19.8 Å². The first-order valence-electron chi connectivity index (χ1n) is 5.50. The molecule has 1 heterocycles. The maximum absolute atomic E-state index is 13.7. The number of hydrogen-bond acceptors (Lipinski definition) is 2. The fourth-order valence-electron chi connectivity index (χ4n) is 2.16. The third-order valence-electron chi connectivity index (χ3n) is 3.02. The van der Waals surface area contributed by atoms with E-state index in [1.54, 1.807) is 6.92 Å². The fourth-order valence-corrected chi connectivity index (χ4v) is 4.97. The van der Waals surface area contributed by atoms with Crippen LogP contribution in [-0.2, 0) is 10.0 Å². The van der Waals surface area contributed by atoms with Gasteiger partial charge in [0.2, 0.25) is 10.0 Å². The molecule has 1 aliphatic rings. The molecule has 1 aromatic rings. The zero-order valence-electron chi connectivity index (χ0n) is 9.66. The highest BCUT2D eigenvalue weighted by molar-refractivity contribution is 9.10. The predicted molar refractivity (Wildman–Crippen MR) is 66.6 cm³/mol. The van der Waals surface area contributed by atoms with Gasteiger partial charge in [0.1, 0.15) is 16.5 Å². The van der Waals surface area contributed by atoms with E-state index in [0.717, 1.165) is 18.9 Å². The van der Waals surface area contributed by atoms with Crippen LogP contribution in [0.5, 0.6) is 0 Å². The van der Waals surface area contributed by atoms with Crippen molar-refractivity contribution in [2.24, 2.45) is 0 Å². The van der Waals surface area contributed by atoms with Gasteiger partial charge < -0.3 is 0 Å². The lowest BCUT2D eigenvalue weighted by Gasteiger charge is -2.21. The standard InChI is InChI=1S/C11H12BrF2NO2S/c1-7-3-2-4-15(7)18(16,17)11-9(12)5-8(13)6-10(11)14/h5-7H,2-4H2,1H3. The molecule has 0 bridgehead atoms. The number of benzene rings is 1. The maximum Gasteiger partial charge on any atom is 0.247 e.